The lowest BCUT2D eigenvalue weighted by Gasteiger charge is -2.33. The van der Waals surface area contributed by atoms with E-state index in [1.54, 1.807) is 4.90 Å². The van der Waals surface area contributed by atoms with E-state index in [9.17, 15) is 18.0 Å². The minimum absolute atomic E-state index is 0.0372. The van der Waals surface area contributed by atoms with Crippen LogP contribution >= 0.6 is 23.2 Å². The Morgan fingerprint density at radius 3 is 2.62 bits per heavy atom. The molecule has 21 heavy (non-hydrogen) atoms. The minimum Gasteiger partial charge on any atom is -0.295 e. The first-order valence-corrected chi connectivity index (χ1v) is 7.30. The first-order valence-electron chi connectivity index (χ1n) is 6.54. The van der Waals surface area contributed by atoms with Crippen molar-refractivity contribution in [2.75, 3.05) is 19.6 Å². The van der Waals surface area contributed by atoms with Crippen molar-refractivity contribution in [3.63, 3.8) is 0 Å². The molecule has 2 nitrogen and oxygen atoms in total. The Morgan fingerprint density at radius 1 is 1.29 bits per heavy atom. The van der Waals surface area contributed by atoms with E-state index < -0.39 is 12.1 Å². The van der Waals surface area contributed by atoms with Gasteiger partial charge in [-0.1, -0.05) is 23.2 Å². The van der Waals surface area contributed by atoms with Gasteiger partial charge in [-0.3, -0.25) is 9.69 Å². The highest BCUT2D eigenvalue weighted by molar-refractivity contribution is 6.42. The maximum Gasteiger partial charge on any atom is 0.393 e. The van der Waals surface area contributed by atoms with Crippen molar-refractivity contribution in [1.29, 1.82) is 0 Å². The SMILES string of the molecule is O=C(CN1CCCC(C(F)(F)F)C1)c1ccc(Cl)c(Cl)c1. The van der Waals surface area contributed by atoms with Crippen LogP contribution in [0.3, 0.4) is 0 Å². The number of halogens is 5. The molecule has 1 aliphatic rings. The second-order valence-electron chi connectivity index (χ2n) is 5.17. The highest BCUT2D eigenvalue weighted by Crippen LogP contribution is 2.33. The Balaban J connectivity index is 2.00. The molecule has 1 aromatic rings. The van der Waals surface area contributed by atoms with E-state index in [0.29, 0.717) is 23.6 Å². The summed E-state index contributed by atoms with van der Waals surface area (Å²) in [5.41, 5.74) is 0.360. The third-order valence-electron chi connectivity index (χ3n) is 3.58. The molecule has 1 unspecified atom stereocenters. The molecule has 0 amide bonds. The first-order chi connectivity index (χ1) is 9.77. The number of hydrogen-bond acceptors (Lipinski definition) is 2. The van der Waals surface area contributed by atoms with Crippen molar-refractivity contribution >= 4 is 29.0 Å². The predicted molar refractivity (Wildman–Crippen MR) is 76.0 cm³/mol. The van der Waals surface area contributed by atoms with Gasteiger partial charge >= 0.3 is 6.18 Å². The lowest BCUT2D eigenvalue weighted by molar-refractivity contribution is -0.186. The molecular weight excluding hydrogens is 326 g/mol. The number of carbonyl (C=O) groups excluding carboxylic acids is 1. The zero-order valence-electron chi connectivity index (χ0n) is 11.1. The van der Waals surface area contributed by atoms with Gasteiger partial charge in [0.25, 0.3) is 0 Å². The molecule has 0 saturated carbocycles. The number of piperidine rings is 1. The molecule has 0 N–H and O–H groups in total. The molecule has 2 rings (SSSR count). The third kappa shape index (κ3) is 4.34. The van der Waals surface area contributed by atoms with Crippen molar-refractivity contribution in [2.45, 2.75) is 19.0 Å². The molecule has 1 heterocycles. The molecule has 1 saturated heterocycles. The molecule has 0 bridgehead atoms. The van der Waals surface area contributed by atoms with Crippen LogP contribution in [-0.2, 0) is 0 Å². The average molecular weight is 340 g/mol. The van der Waals surface area contributed by atoms with Crippen molar-refractivity contribution in [1.82, 2.24) is 4.90 Å². The van der Waals surface area contributed by atoms with E-state index in [1.807, 2.05) is 0 Å². The molecule has 1 aromatic carbocycles. The van der Waals surface area contributed by atoms with Gasteiger partial charge in [0.15, 0.2) is 5.78 Å². The summed E-state index contributed by atoms with van der Waals surface area (Å²) in [6.07, 6.45) is -3.63. The number of rotatable bonds is 3. The van der Waals surface area contributed by atoms with E-state index in [4.69, 9.17) is 23.2 Å². The van der Waals surface area contributed by atoms with Gasteiger partial charge in [-0.05, 0) is 37.6 Å². The maximum atomic E-state index is 12.7. The van der Waals surface area contributed by atoms with Crippen LogP contribution in [0.15, 0.2) is 18.2 Å². The largest absolute Gasteiger partial charge is 0.393 e. The topological polar surface area (TPSA) is 20.3 Å². The van der Waals surface area contributed by atoms with Gasteiger partial charge in [0, 0.05) is 12.1 Å². The highest BCUT2D eigenvalue weighted by Gasteiger charge is 2.41. The summed E-state index contributed by atoms with van der Waals surface area (Å²) in [6, 6.07) is 4.48. The number of likely N-dealkylation sites (tertiary alicyclic amines) is 1. The minimum atomic E-state index is -4.20. The summed E-state index contributed by atoms with van der Waals surface area (Å²) in [7, 11) is 0. The maximum absolute atomic E-state index is 12.7. The van der Waals surface area contributed by atoms with Gasteiger partial charge < -0.3 is 0 Å². The summed E-state index contributed by atoms with van der Waals surface area (Å²) in [6.45, 7) is 0.334. The van der Waals surface area contributed by atoms with E-state index in [0.717, 1.165) is 0 Å². The third-order valence-corrected chi connectivity index (χ3v) is 4.32. The van der Waals surface area contributed by atoms with Gasteiger partial charge in [0.2, 0.25) is 0 Å². The first kappa shape index (κ1) is 16.6. The van der Waals surface area contributed by atoms with Crippen LogP contribution < -0.4 is 0 Å². The van der Waals surface area contributed by atoms with Gasteiger partial charge in [-0.15, -0.1) is 0 Å². The number of Topliss-reactive ketones (excluding diaryl/α,β-unsaturated/α-hetero) is 1. The van der Waals surface area contributed by atoms with Crippen molar-refractivity contribution in [3.8, 4) is 0 Å². The molecule has 0 radical (unpaired) electrons. The average Bonchev–Trinajstić information content (AvgIpc) is 2.41. The van der Waals surface area contributed by atoms with Crippen LogP contribution in [0.25, 0.3) is 0 Å². The molecule has 116 valence electrons. The van der Waals surface area contributed by atoms with Crippen LogP contribution in [-0.4, -0.2) is 36.5 Å². The lowest BCUT2D eigenvalue weighted by Crippen LogP contribution is -2.43. The molecular formula is C14H14Cl2F3NO. The number of carbonyl (C=O) groups is 1. The van der Waals surface area contributed by atoms with E-state index in [-0.39, 0.29) is 30.3 Å². The molecule has 1 aliphatic heterocycles. The fourth-order valence-corrected chi connectivity index (χ4v) is 2.73. The van der Waals surface area contributed by atoms with E-state index in [1.165, 1.54) is 18.2 Å². The van der Waals surface area contributed by atoms with Crippen molar-refractivity contribution < 1.29 is 18.0 Å². The highest BCUT2D eigenvalue weighted by atomic mass is 35.5. The van der Waals surface area contributed by atoms with Crippen LogP contribution in [0, 0.1) is 5.92 Å². The van der Waals surface area contributed by atoms with E-state index in [2.05, 4.69) is 0 Å². The second kappa shape index (κ2) is 6.55. The summed E-state index contributed by atoms with van der Waals surface area (Å²) >= 11 is 11.6. The summed E-state index contributed by atoms with van der Waals surface area (Å²) in [4.78, 5) is 13.7. The standard InChI is InChI=1S/C14H14Cl2F3NO/c15-11-4-3-9(6-12(11)16)13(21)8-20-5-1-2-10(7-20)14(17,18)19/h3-4,6,10H,1-2,5,7-8H2. The Labute approximate surface area is 130 Å². The second-order valence-corrected chi connectivity index (χ2v) is 5.98. The number of ketones is 1. The van der Waals surface area contributed by atoms with Crippen LogP contribution in [0.1, 0.15) is 23.2 Å². The number of alkyl halides is 3. The fraction of sp³-hybridized carbons (Fsp3) is 0.500. The number of benzene rings is 1. The molecule has 0 spiro atoms. The van der Waals surface area contributed by atoms with Crippen LogP contribution in [0.5, 0.6) is 0 Å². The normalized spacial score (nSPS) is 20.5. The zero-order valence-corrected chi connectivity index (χ0v) is 12.6. The van der Waals surface area contributed by atoms with Crippen molar-refractivity contribution in [3.05, 3.63) is 33.8 Å². The lowest BCUT2D eigenvalue weighted by atomic mass is 9.97. The molecule has 0 aliphatic carbocycles. The van der Waals surface area contributed by atoms with Crippen molar-refractivity contribution in [2.24, 2.45) is 5.92 Å². The van der Waals surface area contributed by atoms with Gasteiger partial charge in [-0.25, -0.2) is 0 Å². The Kier molecular flexibility index (Phi) is 5.17. The number of hydrogen-bond donors (Lipinski definition) is 0. The predicted octanol–water partition coefficient (Wildman–Crippen LogP) is 4.45. The quantitative estimate of drug-likeness (QED) is 0.758. The zero-order chi connectivity index (χ0) is 15.6. The van der Waals surface area contributed by atoms with Gasteiger partial charge in [-0.2, -0.15) is 13.2 Å². The Bertz CT molecular complexity index is 533. The van der Waals surface area contributed by atoms with Gasteiger partial charge in [0.05, 0.1) is 22.5 Å². The van der Waals surface area contributed by atoms with E-state index >= 15 is 0 Å². The molecule has 1 atom stereocenters. The summed E-state index contributed by atoms with van der Waals surface area (Å²) in [5, 5.41) is 0.595. The smallest absolute Gasteiger partial charge is 0.295 e. The molecule has 1 fully saturated rings. The van der Waals surface area contributed by atoms with Crippen LogP contribution in [0.4, 0.5) is 13.2 Å². The van der Waals surface area contributed by atoms with Crippen LogP contribution in [0.2, 0.25) is 10.0 Å². The molecule has 7 heteroatoms. The summed E-state index contributed by atoms with van der Waals surface area (Å²) in [5.74, 6) is -1.61. The fourth-order valence-electron chi connectivity index (χ4n) is 2.43. The Hall–Kier alpha value is -0.780. The van der Waals surface area contributed by atoms with Gasteiger partial charge in [0.1, 0.15) is 0 Å². The monoisotopic (exact) mass is 339 g/mol. The Morgan fingerprint density at radius 2 is 2.00 bits per heavy atom. The molecule has 0 aromatic heterocycles. The summed E-state index contributed by atoms with van der Waals surface area (Å²) < 4.78 is 38.2. The number of nitrogens with zero attached hydrogens (tertiary/aromatic N) is 1.